The first kappa shape index (κ1) is 14.3. The van der Waals surface area contributed by atoms with E-state index in [-0.39, 0.29) is 0 Å². The van der Waals surface area contributed by atoms with Crippen molar-refractivity contribution in [3.8, 4) is 0 Å². The largest absolute Gasteiger partial charge is 0.393 e. The zero-order chi connectivity index (χ0) is 16.4. The molecule has 1 aromatic carbocycles. The van der Waals surface area contributed by atoms with Crippen molar-refractivity contribution in [1.82, 2.24) is 19.9 Å². The van der Waals surface area contributed by atoms with E-state index in [0.29, 0.717) is 17.3 Å². The lowest BCUT2D eigenvalue weighted by Gasteiger charge is -2.12. The molecule has 0 fully saturated rings. The Kier molecular flexibility index (Phi) is 3.64. The Bertz CT molecular complexity index is 980. The van der Waals surface area contributed by atoms with Gasteiger partial charge in [0.05, 0.1) is 11.2 Å². The van der Waals surface area contributed by atoms with E-state index in [2.05, 4.69) is 30.6 Å². The standard InChI is InChI=1S/C16H13N7S/c17-12-14(20-9-21-15(12)23-16-19-7-8-24-16)22-11-5-1-3-10-4-2-6-18-13(10)11/h1-9H,17H2,(H2,19,20,21,22,23). The molecular formula is C16H13N7S. The summed E-state index contributed by atoms with van der Waals surface area (Å²) in [6.45, 7) is 0. The molecule has 0 atom stereocenters. The second-order valence-electron chi connectivity index (χ2n) is 4.95. The Balaban J connectivity index is 1.69. The Morgan fingerprint density at radius 2 is 1.71 bits per heavy atom. The summed E-state index contributed by atoms with van der Waals surface area (Å²) in [4.78, 5) is 17.0. The molecular weight excluding hydrogens is 322 g/mol. The topological polar surface area (TPSA) is 102 Å². The number of benzene rings is 1. The molecule has 0 bridgehead atoms. The fraction of sp³-hybridized carbons (Fsp3) is 0. The molecule has 3 aromatic heterocycles. The summed E-state index contributed by atoms with van der Waals surface area (Å²) in [5, 5.41) is 9.97. The summed E-state index contributed by atoms with van der Waals surface area (Å²) >= 11 is 1.47. The highest BCUT2D eigenvalue weighted by Gasteiger charge is 2.11. The van der Waals surface area contributed by atoms with Crippen LogP contribution in [-0.4, -0.2) is 19.9 Å². The number of hydrogen-bond donors (Lipinski definition) is 3. The number of hydrogen-bond acceptors (Lipinski definition) is 8. The lowest BCUT2D eigenvalue weighted by atomic mass is 10.2. The van der Waals surface area contributed by atoms with Crippen LogP contribution in [0, 0.1) is 0 Å². The van der Waals surface area contributed by atoms with E-state index in [0.717, 1.165) is 21.7 Å². The number of nitrogens with zero attached hydrogens (tertiary/aromatic N) is 4. The van der Waals surface area contributed by atoms with Crippen molar-refractivity contribution in [3.63, 3.8) is 0 Å². The molecule has 0 amide bonds. The van der Waals surface area contributed by atoms with Gasteiger partial charge in [0.15, 0.2) is 16.8 Å². The van der Waals surface area contributed by atoms with Crippen LogP contribution in [-0.2, 0) is 0 Å². The minimum atomic E-state index is 0.417. The number of nitrogens with one attached hydrogen (secondary N) is 2. The van der Waals surface area contributed by atoms with E-state index in [9.17, 15) is 0 Å². The predicted octanol–water partition coefficient (Wildman–Crippen LogP) is 3.55. The van der Waals surface area contributed by atoms with E-state index < -0.39 is 0 Å². The summed E-state index contributed by atoms with van der Waals surface area (Å²) < 4.78 is 0. The molecule has 4 rings (SSSR count). The second-order valence-corrected chi connectivity index (χ2v) is 5.85. The van der Waals surface area contributed by atoms with Gasteiger partial charge in [0.25, 0.3) is 0 Å². The molecule has 0 saturated carbocycles. The molecule has 0 radical (unpaired) electrons. The van der Waals surface area contributed by atoms with Crippen LogP contribution >= 0.6 is 11.3 Å². The van der Waals surface area contributed by atoms with E-state index in [1.807, 2.05) is 35.7 Å². The molecule has 0 unspecified atom stereocenters. The van der Waals surface area contributed by atoms with Crippen LogP contribution in [0.5, 0.6) is 0 Å². The molecule has 0 aliphatic rings. The van der Waals surface area contributed by atoms with E-state index in [4.69, 9.17) is 5.73 Å². The Hall–Kier alpha value is -3.26. The van der Waals surface area contributed by atoms with Crippen molar-refractivity contribution in [3.05, 3.63) is 54.4 Å². The number of para-hydroxylation sites is 1. The normalized spacial score (nSPS) is 10.7. The van der Waals surface area contributed by atoms with Gasteiger partial charge in [-0.3, -0.25) is 4.98 Å². The fourth-order valence-corrected chi connectivity index (χ4v) is 2.84. The number of nitrogen functional groups attached to an aromatic ring is 1. The third-order valence-corrected chi connectivity index (χ3v) is 4.12. The minimum Gasteiger partial charge on any atom is -0.393 e. The van der Waals surface area contributed by atoms with Crippen LogP contribution in [0.25, 0.3) is 10.9 Å². The van der Waals surface area contributed by atoms with Gasteiger partial charge in [-0.1, -0.05) is 18.2 Å². The van der Waals surface area contributed by atoms with Crippen molar-refractivity contribution in [2.24, 2.45) is 0 Å². The smallest absolute Gasteiger partial charge is 0.188 e. The Labute approximate surface area is 141 Å². The highest BCUT2D eigenvalue weighted by atomic mass is 32.1. The number of thiazole rings is 1. The zero-order valence-electron chi connectivity index (χ0n) is 12.5. The molecule has 0 saturated heterocycles. The Morgan fingerprint density at radius 3 is 2.54 bits per heavy atom. The van der Waals surface area contributed by atoms with Crippen molar-refractivity contribution in [2.75, 3.05) is 16.4 Å². The molecule has 8 heteroatoms. The van der Waals surface area contributed by atoms with E-state index in [1.54, 1.807) is 12.4 Å². The van der Waals surface area contributed by atoms with Gasteiger partial charge in [-0.05, 0) is 12.1 Å². The van der Waals surface area contributed by atoms with Gasteiger partial charge >= 0.3 is 0 Å². The summed E-state index contributed by atoms with van der Waals surface area (Å²) in [6, 6.07) is 9.81. The number of aromatic nitrogens is 4. The average Bonchev–Trinajstić information content (AvgIpc) is 3.12. The van der Waals surface area contributed by atoms with Gasteiger partial charge < -0.3 is 16.4 Å². The van der Waals surface area contributed by atoms with Crippen LogP contribution < -0.4 is 16.4 Å². The zero-order valence-corrected chi connectivity index (χ0v) is 13.3. The molecule has 0 aliphatic carbocycles. The first-order chi connectivity index (χ1) is 11.8. The van der Waals surface area contributed by atoms with Crippen LogP contribution in [0.2, 0.25) is 0 Å². The minimum absolute atomic E-state index is 0.417. The van der Waals surface area contributed by atoms with Gasteiger partial charge in [-0.2, -0.15) is 0 Å². The van der Waals surface area contributed by atoms with Crippen LogP contribution in [0.4, 0.5) is 28.1 Å². The van der Waals surface area contributed by atoms with Gasteiger partial charge in [-0.15, -0.1) is 11.3 Å². The summed E-state index contributed by atoms with van der Waals surface area (Å²) in [5.74, 6) is 1.03. The monoisotopic (exact) mass is 335 g/mol. The number of nitrogens with two attached hydrogens (primary N) is 1. The van der Waals surface area contributed by atoms with Crippen molar-refractivity contribution in [2.45, 2.75) is 0 Å². The maximum atomic E-state index is 6.20. The maximum absolute atomic E-state index is 6.20. The molecule has 3 heterocycles. The lowest BCUT2D eigenvalue weighted by Crippen LogP contribution is -2.05. The molecule has 7 nitrogen and oxygen atoms in total. The third-order valence-electron chi connectivity index (χ3n) is 3.43. The number of fused-ring (bicyclic) bond motifs is 1. The summed E-state index contributed by atoms with van der Waals surface area (Å²) in [6.07, 6.45) is 4.92. The van der Waals surface area contributed by atoms with E-state index >= 15 is 0 Å². The molecule has 0 spiro atoms. The lowest BCUT2D eigenvalue weighted by molar-refractivity contribution is 1.17. The molecule has 0 aliphatic heterocycles. The second kappa shape index (κ2) is 6.09. The first-order valence-corrected chi connectivity index (χ1v) is 8.07. The fourth-order valence-electron chi connectivity index (χ4n) is 2.31. The molecule has 118 valence electrons. The molecule has 4 N–H and O–H groups in total. The van der Waals surface area contributed by atoms with Crippen molar-refractivity contribution in [1.29, 1.82) is 0 Å². The van der Waals surface area contributed by atoms with Gasteiger partial charge in [-0.25, -0.2) is 15.0 Å². The summed E-state index contributed by atoms with van der Waals surface area (Å²) in [5.41, 5.74) is 8.30. The van der Waals surface area contributed by atoms with E-state index in [1.165, 1.54) is 17.7 Å². The maximum Gasteiger partial charge on any atom is 0.188 e. The predicted molar refractivity (Wildman–Crippen MR) is 96.9 cm³/mol. The van der Waals surface area contributed by atoms with Crippen LogP contribution in [0.3, 0.4) is 0 Å². The average molecular weight is 335 g/mol. The number of rotatable bonds is 4. The van der Waals surface area contributed by atoms with Crippen molar-refractivity contribution < 1.29 is 0 Å². The number of pyridine rings is 1. The SMILES string of the molecule is Nc1c(Nc2nccs2)ncnc1Nc1cccc2cccnc12. The van der Waals surface area contributed by atoms with Crippen molar-refractivity contribution >= 4 is 50.4 Å². The quantitative estimate of drug-likeness (QED) is 0.524. The van der Waals surface area contributed by atoms with Gasteiger partial charge in [0.1, 0.15) is 12.0 Å². The Morgan fingerprint density at radius 1 is 0.875 bits per heavy atom. The van der Waals surface area contributed by atoms with Gasteiger partial charge in [0, 0.05) is 23.2 Å². The first-order valence-electron chi connectivity index (χ1n) is 7.19. The number of anilines is 5. The molecule has 24 heavy (non-hydrogen) atoms. The van der Waals surface area contributed by atoms with Gasteiger partial charge in [0.2, 0.25) is 0 Å². The highest BCUT2D eigenvalue weighted by Crippen LogP contribution is 2.30. The third kappa shape index (κ3) is 2.70. The van der Waals surface area contributed by atoms with Crippen LogP contribution in [0.1, 0.15) is 0 Å². The highest BCUT2D eigenvalue weighted by molar-refractivity contribution is 7.13. The van der Waals surface area contributed by atoms with Crippen LogP contribution in [0.15, 0.2) is 54.4 Å². The molecule has 4 aromatic rings. The summed E-state index contributed by atoms with van der Waals surface area (Å²) in [7, 11) is 0.